The van der Waals surface area contributed by atoms with Crippen molar-refractivity contribution >= 4 is 12.1 Å². The SMILES string of the molecule is CC(C)(C)OC(=O)N1CCC[C@@]12C[C@H]2CC(=O)O. The Morgan fingerprint density at radius 2 is 2.11 bits per heavy atom. The summed E-state index contributed by atoms with van der Waals surface area (Å²) in [7, 11) is 0. The highest BCUT2D eigenvalue weighted by atomic mass is 16.6. The summed E-state index contributed by atoms with van der Waals surface area (Å²) >= 11 is 0. The minimum Gasteiger partial charge on any atom is -0.481 e. The van der Waals surface area contributed by atoms with Gasteiger partial charge in [0.05, 0.1) is 12.0 Å². The highest BCUT2D eigenvalue weighted by Gasteiger charge is 2.62. The molecule has 1 spiro atoms. The maximum atomic E-state index is 12.1. The number of hydrogen-bond donors (Lipinski definition) is 1. The molecule has 1 N–H and O–H groups in total. The number of likely N-dealkylation sites (tertiary alicyclic amines) is 1. The summed E-state index contributed by atoms with van der Waals surface area (Å²) in [5.74, 6) is -0.682. The van der Waals surface area contributed by atoms with Crippen molar-refractivity contribution in [2.24, 2.45) is 5.92 Å². The first-order chi connectivity index (χ1) is 8.24. The molecule has 102 valence electrons. The number of aliphatic carboxylic acids is 1. The zero-order chi connectivity index (χ0) is 13.6. The minimum atomic E-state index is -0.784. The van der Waals surface area contributed by atoms with Crippen LogP contribution in [-0.2, 0) is 9.53 Å². The van der Waals surface area contributed by atoms with Gasteiger partial charge in [0.25, 0.3) is 0 Å². The minimum absolute atomic E-state index is 0.102. The standard InChI is InChI=1S/C13H21NO4/c1-12(2,3)18-11(17)14-6-4-5-13(14)8-9(13)7-10(15)16/h9H,4-8H2,1-3H3,(H,15,16)/t9-,13+/m1/s1. The molecule has 1 saturated heterocycles. The van der Waals surface area contributed by atoms with Gasteiger partial charge in [-0.15, -0.1) is 0 Å². The Bertz CT molecular complexity index is 374. The van der Waals surface area contributed by atoms with E-state index in [0.29, 0.717) is 6.54 Å². The van der Waals surface area contributed by atoms with Crippen LogP contribution in [0.15, 0.2) is 0 Å². The topological polar surface area (TPSA) is 66.8 Å². The second-order valence-corrected chi connectivity index (χ2v) is 6.34. The lowest BCUT2D eigenvalue weighted by molar-refractivity contribution is -0.137. The first-order valence-electron chi connectivity index (χ1n) is 6.47. The van der Waals surface area contributed by atoms with Crippen LogP contribution in [0.25, 0.3) is 0 Å². The molecule has 5 nitrogen and oxygen atoms in total. The number of amides is 1. The number of carbonyl (C=O) groups excluding carboxylic acids is 1. The number of carboxylic acids is 1. The van der Waals surface area contributed by atoms with Gasteiger partial charge < -0.3 is 14.7 Å². The van der Waals surface area contributed by atoms with Crippen LogP contribution in [-0.4, -0.2) is 39.8 Å². The third kappa shape index (κ3) is 2.44. The Balaban J connectivity index is 2.01. The van der Waals surface area contributed by atoms with E-state index in [1.165, 1.54) is 0 Å². The van der Waals surface area contributed by atoms with E-state index in [4.69, 9.17) is 9.84 Å². The first kappa shape index (κ1) is 13.2. The van der Waals surface area contributed by atoms with Crippen molar-refractivity contribution in [2.75, 3.05) is 6.54 Å². The third-order valence-corrected chi connectivity index (χ3v) is 3.76. The zero-order valence-corrected chi connectivity index (χ0v) is 11.2. The maximum absolute atomic E-state index is 12.1. The Morgan fingerprint density at radius 1 is 1.44 bits per heavy atom. The monoisotopic (exact) mass is 255 g/mol. The molecular formula is C13H21NO4. The lowest BCUT2D eigenvalue weighted by Gasteiger charge is -2.29. The van der Waals surface area contributed by atoms with E-state index >= 15 is 0 Å². The molecule has 0 aromatic heterocycles. The number of carboxylic acid groups (broad SMARTS) is 1. The quantitative estimate of drug-likeness (QED) is 0.821. The van der Waals surface area contributed by atoms with Gasteiger partial charge in [0, 0.05) is 6.54 Å². The Kier molecular flexibility index (Phi) is 3.03. The molecule has 2 atom stereocenters. The number of ether oxygens (including phenoxy) is 1. The number of rotatable bonds is 2. The lowest BCUT2D eigenvalue weighted by Crippen LogP contribution is -2.42. The second-order valence-electron chi connectivity index (χ2n) is 6.34. The molecule has 1 amide bonds. The van der Waals surface area contributed by atoms with Gasteiger partial charge in [0.2, 0.25) is 0 Å². The van der Waals surface area contributed by atoms with Crippen molar-refractivity contribution in [2.45, 2.75) is 57.6 Å². The predicted molar refractivity (Wildman–Crippen MR) is 65.3 cm³/mol. The molecule has 0 aromatic carbocycles. The molecular weight excluding hydrogens is 234 g/mol. The van der Waals surface area contributed by atoms with Crippen LogP contribution < -0.4 is 0 Å². The van der Waals surface area contributed by atoms with Crippen molar-refractivity contribution in [1.29, 1.82) is 0 Å². The van der Waals surface area contributed by atoms with Crippen LogP contribution in [0.3, 0.4) is 0 Å². The van der Waals surface area contributed by atoms with Gasteiger partial charge in [-0.05, 0) is 46.0 Å². The smallest absolute Gasteiger partial charge is 0.410 e. The summed E-state index contributed by atoms with van der Waals surface area (Å²) in [6.07, 6.45) is 2.50. The summed E-state index contributed by atoms with van der Waals surface area (Å²) in [4.78, 5) is 24.6. The molecule has 0 radical (unpaired) electrons. The zero-order valence-electron chi connectivity index (χ0n) is 11.2. The number of carbonyl (C=O) groups is 2. The fraction of sp³-hybridized carbons (Fsp3) is 0.846. The summed E-state index contributed by atoms with van der Waals surface area (Å²) in [5, 5.41) is 8.84. The van der Waals surface area contributed by atoms with Crippen LogP contribution >= 0.6 is 0 Å². The first-order valence-corrected chi connectivity index (χ1v) is 6.47. The second kappa shape index (κ2) is 4.14. The maximum Gasteiger partial charge on any atom is 0.410 e. The highest BCUT2D eigenvalue weighted by Crippen LogP contribution is 2.56. The van der Waals surface area contributed by atoms with Gasteiger partial charge in [0.15, 0.2) is 0 Å². The highest BCUT2D eigenvalue weighted by molar-refractivity contribution is 5.72. The van der Waals surface area contributed by atoms with Crippen LogP contribution in [0.2, 0.25) is 0 Å². The van der Waals surface area contributed by atoms with Crippen LogP contribution in [0.1, 0.15) is 46.5 Å². The Hall–Kier alpha value is -1.26. The molecule has 1 saturated carbocycles. The molecule has 18 heavy (non-hydrogen) atoms. The van der Waals surface area contributed by atoms with Crippen molar-refractivity contribution in [3.8, 4) is 0 Å². The van der Waals surface area contributed by atoms with Gasteiger partial charge in [-0.1, -0.05) is 0 Å². The van der Waals surface area contributed by atoms with Crippen LogP contribution in [0, 0.1) is 5.92 Å². The summed E-state index contributed by atoms with van der Waals surface area (Å²) in [5.41, 5.74) is -0.723. The largest absolute Gasteiger partial charge is 0.481 e. The normalized spacial score (nSPS) is 30.6. The van der Waals surface area contributed by atoms with Gasteiger partial charge in [-0.2, -0.15) is 0 Å². The van der Waals surface area contributed by atoms with E-state index in [1.807, 2.05) is 20.8 Å². The molecule has 2 fully saturated rings. The predicted octanol–water partition coefficient (Wildman–Crippen LogP) is 2.25. The Labute approximate surface area is 107 Å². The molecule has 0 aromatic rings. The van der Waals surface area contributed by atoms with Gasteiger partial charge in [-0.25, -0.2) is 4.79 Å². The molecule has 1 aliphatic heterocycles. The molecule has 2 rings (SSSR count). The van der Waals surface area contributed by atoms with Crippen molar-refractivity contribution in [3.05, 3.63) is 0 Å². The lowest BCUT2D eigenvalue weighted by atomic mass is 10.1. The molecule has 5 heteroatoms. The molecule has 2 aliphatic rings. The van der Waals surface area contributed by atoms with E-state index < -0.39 is 11.6 Å². The van der Waals surface area contributed by atoms with Crippen molar-refractivity contribution < 1.29 is 19.4 Å². The van der Waals surface area contributed by atoms with E-state index in [1.54, 1.807) is 4.90 Å². The van der Waals surface area contributed by atoms with E-state index in [9.17, 15) is 9.59 Å². The fourth-order valence-corrected chi connectivity index (χ4v) is 2.97. The van der Waals surface area contributed by atoms with E-state index in [2.05, 4.69) is 0 Å². The van der Waals surface area contributed by atoms with Crippen LogP contribution in [0.4, 0.5) is 4.79 Å². The van der Waals surface area contributed by atoms with Crippen molar-refractivity contribution in [3.63, 3.8) is 0 Å². The van der Waals surface area contributed by atoms with Crippen LogP contribution in [0.5, 0.6) is 0 Å². The Morgan fingerprint density at radius 3 is 2.67 bits per heavy atom. The summed E-state index contributed by atoms with van der Waals surface area (Å²) < 4.78 is 5.39. The van der Waals surface area contributed by atoms with E-state index in [-0.39, 0.29) is 24.0 Å². The number of nitrogens with zero attached hydrogens (tertiary/aromatic N) is 1. The molecule has 1 aliphatic carbocycles. The molecule has 0 unspecified atom stereocenters. The van der Waals surface area contributed by atoms with Gasteiger partial charge >= 0.3 is 12.1 Å². The van der Waals surface area contributed by atoms with Gasteiger partial charge in [-0.3, -0.25) is 4.79 Å². The molecule has 1 heterocycles. The van der Waals surface area contributed by atoms with Gasteiger partial charge in [0.1, 0.15) is 5.60 Å². The van der Waals surface area contributed by atoms with E-state index in [0.717, 1.165) is 19.3 Å². The molecule has 0 bridgehead atoms. The average molecular weight is 255 g/mol. The average Bonchev–Trinajstić information content (AvgIpc) is 2.68. The summed E-state index contributed by atoms with van der Waals surface area (Å²) in [6.45, 7) is 6.21. The third-order valence-electron chi connectivity index (χ3n) is 3.76. The number of hydrogen-bond acceptors (Lipinski definition) is 3. The summed E-state index contributed by atoms with van der Waals surface area (Å²) in [6, 6.07) is 0. The fourth-order valence-electron chi connectivity index (χ4n) is 2.97. The van der Waals surface area contributed by atoms with Crippen molar-refractivity contribution in [1.82, 2.24) is 4.90 Å².